The van der Waals surface area contributed by atoms with E-state index in [1.54, 1.807) is 0 Å². The van der Waals surface area contributed by atoms with Gasteiger partial charge in [0.15, 0.2) is 0 Å². The lowest BCUT2D eigenvalue weighted by molar-refractivity contribution is 0.0160. The molecule has 0 bridgehead atoms. The van der Waals surface area contributed by atoms with Crippen molar-refractivity contribution in [3.8, 4) is 0 Å². The summed E-state index contributed by atoms with van der Waals surface area (Å²) in [6, 6.07) is 3.79. The molecule has 0 aliphatic carbocycles. The summed E-state index contributed by atoms with van der Waals surface area (Å²) in [4.78, 5) is 2.34. The average molecular weight is 296 g/mol. The summed E-state index contributed by atoms with van der Waals surface area (Å²) in [5.41, 5.74) is 0.765. The van der Waals surface area contributed by atoms with Crippen molar-refractivity contribution in [1.29, 1.82) is 0 Å². The molecule has 21 heavy (non-hydrogen) atoms. The topological polar surface area (TPSA) is 15.3 Å². The van der Waals surface area contributed by atoms with Crippen LogP contribution in [0.5, 0.6) is 0 Å². The molecule has 1 heterocycles. The third-order valence-corrected chi connectivity index (χ3v) is 4.89. The Balaban J connectivity index is 2.22. The summed E-state index contributed by atoms with van der Waals surface area (Å²) < 4.78 is 26.8. The Morgan fingerprint density at radius 2 is 1.67 bits per heavy atom. The van der Waals surface area contributed by atoms with Gasteiger partial charge in [-0.1, -0.05) is 13.8 Å². The predicted octanol–water partition coefficient (Wildman–Crippen LogP) is 3.71. The van der Waals surface area contributed by atoms with Crippen molar-refractivity contribution in [2.45, 2.75) is 58.2 Å². The van der Waals surface area contributed by atoms with Crippen LogP contribution in [0.3, 0.4) is 0 Å². The summed E-state index contributed by atoms with van der Waals surface area (Å²) >= 11 is 0. The third kappa shape index (κ3) is 3.61. The van der Waals surface area contributed by atoms with Crippen LogP contribution < -0.4 is 5.32 Å². The second-order valence-corrected chi connectivity index (χ2v) is 6.79. The van der Waals surface area contributed by atoms with Crippen molar-refractivity contribution in [3.63, 3.8) is 0 Å². The highest BCUT2D eigenvalue weighted by atomic mass is 19.1. The van der Waals surface area contributed by atoms with Crippen LogP contribution in [0.4, 0.5) is 8.78 Å². The molecule has 1 aromatic carbocycles. The Morgan fingerprint density at radius 3 is 2.19 bits per heavy atom. The zero-order valence-electron chi connectivity index (χ0n) is 13.5. The first-order valence-corrected chi connectivity index (χ1v) is 7.75. The molecule has 4 heteroatoms. The predicted molar refractivity (Wildman–Crippen MR) is 82.2 cm³/mol. The van der Waals surface area contributed by atoms with E-state index < -0.39 is 11.6 Å². The highest BCUT2D eigenvalue weighted by Gasteiger charge is 2.40. The number of halogens is 2. The molecular weight excluding hydrogens is 270 g/mol. The SMILES string of the molecule is CCC1(CC)CN(Cc2cc(F)cc(F)c2)C(C)(C)CN1. The molecule has 0 spiro atoms. The number of rotatable bonds is 4. The van der Waals surface area contributed by atoms with Gasteiger partial charge in [0.05, 0.1) is 0 Å². The summed E-state index contributed by atoms with van der Waals surface area (Å²) in [5, 5.41) is 3.67. The summed E-state index contributed by atoms with van der Waals surface area (Å²) in [5.74, 6) is -1.01. The molecule has 0 aromatic heterocycles. The van der Waals surface area contributed by atoms with Gasteiger partial charge in [0.1, 0.15) is 11.6 Å². The van der Waals surface area contributed by atoms with Crippen molar-refractivity contribution in [2.24, 2.45) is 0 Å². The molecule has 0 atom stereocenters. The summed E-state index contributed by atoms with van der Waals surface area (Å²) in [7, 11) is 0. The van der Waals surface area contributed by atoms with Crippen LogP contribution in [0, 0.1) is 11.6 Å². The van der Waals surface area contributed by atoms with Gasteiger partial charge in [0.25, 0.3) is 0 Å². The van der Waals surface area contributed by atoms with E-state index in [4.69, 9.17) is 0 Å². The smallest absolute Gasteiger partial charge is 0.126 e. The van der Waals surface area contributed by atoms with Gasteiger partial charge in [0.2, 0.25) is 0 Å². The van der Waals surface area contributed by atoms with E-state index in [0.29, 0.717) is 12.1 Å². The van der Waals surface area contributed by atoms with Gasteiger partial charge in [-0.05, 0) is 44.4 Å². The number of piperazine rings is 1. The fourth-order valence-electron chi connectivity index (χ4n) is 3.07. The number of hydrogen-bond acceptors (Lipinski definition) is 2. The van der Waals surface area contributed by atoms with Crippen LogP contribution >= 0.6 is 0 Å². The molecule has 2 nitrogen and oxygen atoms in total. The first kappa shape index (κ1) is 16.4. The number of hydrogen-bond donors (Lipinski definition) is 1. The average Bonchev–Trinajstić information content (AvgIpc) is 2.40. The van der Waals surface area contributed by atoms with Gasteiger partial charge in [-0.2, -0.15) is 0 Å². The highest BCUT2D eigenvalue weighted by Crippen LogP contribution is 2.29. The molecular formula is C17H26F2N2. The first-order chi connectivity index (χ1) is 9.80. The highest BCUT2D eigenvalue weighted by molar-refractivity contribution is 5.18. The molecule has 118 valence electrons. The molecule has 1 aromatic rings. The molecule has 0 radical (unpaired) electrons. The second-order valence-electron chi connectivity index (χ2n) is 6.79. The van der Waals surface area contributed by atoms with Gasteiger partial charge in [0, 0.05) is 36.8 Å². The maximum absolute atomic E-state index is 13.4. The monoisotopic (exact) mass is 296 g/mol. The Labute approximate surface area is 126 Å². The van der Waals surface area contributed by atoms with Gasteiger partial charge >= 0.3 is 0 Å². The quantitative estimate of drug-likeness (QED) is 0.911. The van der Waals surface area contributed by atoms with Crippen LogP contribution in [-0.4, -0.2) is 29.1 Å². The van der Waals surface area contributed by atoms with E-state index >= 15 is 0 Å². The van der Waals surface area contributed by atoms with Crippen LogP contribution in [0.1, 0.15) is 46.1 Å². The van der Waals surface area contributed by atoms with E-state index in [-0.39, 0.29) is 11.1 Å². The number of benzene rings is 1. The maximum atomic E-state index is 13.4. The van der Waals surface area contributed by atoms with Crippen LogP contribution in [-0.2, 0) is 6.54 Å². The fraction of sp³-hybridized carbons (Fsp3) is 0.647. The van der Waals surface area contributed by atoms with E-state index in [2.05, 4.69) is 37.9 Å². The largest absolute Gasteiger partial charge is 0.308 e. The fourth-order valence-corrected chi connectivity index (χ4v) is 3.07. The molecule has 0 unspecified atom stereocenters. The van der Waals surface area contributed by atoms with Crippen molar-refractivity contribution >= 4 is 0 Å². The van der Waals surface area contributed by atoms with E-state index in [1.807, 2.05) is 0 Å². The second kappa shape index (κ2) is 6.01. The zero-order valence-corrected chi connectivity index (χ0v) is 13.5. The van der Waals surface area contributed by atoms with Crippen molar-refractivity contribution in [2.75, 3.05) is 13.1 Å². The van der Waals surface area contributed by atoms with Gasteiger partial charge in [-0.25, -0.2) is 8.78 Å². The normalized spacial score (nSPS) is 21.4. The molecule has 1 aliphatic rings. The van der Waals surface area contributed by atoms with Gasteiger partial charge in [-0.3, -0.25) is 4.90 Å². The standard InChI is InChI=1S/C17H26F2N2/c1-5-17(6-2)12-21(16(3,4)11-20-17)10-13-7-14(18)9-15(19)8-13/h7-9,20H,5-6,10-12H2,1-4H3. The Morgan fingerprint density at radius 1 is 1.10 bits per heavy atom. The number of nitrogens with zero attached hydrogens (tertiary/aromatic N) is 1. The maximum Gasteiger partial charge on any atom is 0.126 e. The van der Waals surface area contributed by atoms with E-state index in [0.717, 1.165) is 32.0 Å². The van der Waals surface area contributed by atoms with Crippen LogP contribution in [0.2, 0.25) is 0 Å². The molecule has 1 saturated heterocycles. The molecule has 1 N–H and O–H groups in total. The molecule has 1 aliphatic heterocycles. The van der Waals surface area contributed by atoms with E-state index in [1.165, 1.54) is 12.1 Å². The molecule has 2 rings (SSSR count). The minimum atomic E-state index is -0.504. The lowest BCUT2D eigenvalue weighted by Crippen LogP contribution is -2.67. The lowest BCUT2D eigenvalue weighted by atomic mass is 9.84. The molecule has 1 fully saturated rings. The minimum Gasteiger partial charge on any atom is -0.308 e. The molecule has 0 saturated carbocycles. The Hall–Kier alpha value is -1.00. The Bertz CT molecular complexity index is 475. The Kier molecular flexibility index (Phi) is 4.69. The van der Waals surface area contributed by atoms with Gasteiger partial charge < -0.3 is 5.32 Å². The van der Waals surface area contributed by atoms with Gasteiger partial charge in [-0.15, -0.1) is 0 Å². The van der Waals surface area contributed by atoms with Crippen LogP contribution in [0.15, 0.2) is 18.2 Å². The van der Waals surface area contributed by atoms with Crippen LogP contribution in [0.25, 0.3) is 0 Å². The lowest BCUT2D eigenvalue weighted by Gasteiger charge is -2.52. The van der Waals surface area contributed by atoms with E-state index in [9.17, 15) is 8.78 Å². The summed E-state index contributed by atoms with van der Waals surface area (Å²) in [6.07, 6.45) is 2.10. The van der Waals surface area contributed by atoms with Crippen molar-refractivity contribution in [1.82, 2.24) is 10.2 Å². The minimum absolute atomic E-state index is 0.0311. The summed E-state index contributed by atoms with van der Waals surface area (Å²) in [6.45, 7) is 11.1. The molecule has 0 amide bonds. The van der Waals surface area contributed by atoms with Crippen molar-refractivity contribution < 1.29 is 8.78 Å². The number of nitrogens with one attached hydrogen (secondary N) is 1. The first-order valence-electron chi connectivity index (χ1n) is 7.75. The van der Waals surface area contributed by atoms with Crippen molar-refractivity contribution in [3.05, 3.63) is 35.4 Å². The third-order valence-electron chi connectivity index (χ3n) is 4.89. The zero-order chi connectivity index (χ0) is 15.7.